The Hall–Kier alpha value is -2.29. The third-order valence-electron chi connectivity index (χ3n) is 2.61. The Balaban J connectivity index is 2.03. The predicted octanol–water partition coefficient (Wildman–Crippen LogP) is 1.17. The zero-order chi connectivity index (χ0) is 15.4. The van der Waals surface area contributed by atoms with Crippen LogP contribution in [-0.4, -0.2) is 38.5 Å². The molecule has 0 aliphatic heterocycles. The van der Waals surface area contributed by atoms with Crippen LogP contribution in [0.3, 0.4) is 0 Å². The Bertz CT molecular complexity index is 664. The maximum Gasteiger partial charge on any atom is 0.360 e. The van der Waals surface area contributed by atoms with Crippen LogP contribution in [0.1, 0.15) is 28.8 Å². The molecular weight excluding hydrogens is 294 g/mol. The van der Waals surface area contributed by atoms with Gasteiger partial charge in [-0.2, -0.15) is 0 Å². The molecule has 0 saturated heterocycles. The van der Waals surface area contributed by atoms with Gasteiger partial charge in [0.05, 0.1) is 18.0 Å². The molecule has 0 bridgehead atoms. The molecule has 0 atom stereocenters. The van der Waals surface area contributed by atoms with Crippen LogP contribution < -0.4 is 5.32 Å². The third kappa shape index (κ3) is 3.63. The molecule has 0 saturated carbocycles. The molecule has 0 spiro atoms. The molecule has 0 unspecified atom stereocenters. The van der Waals surface area contributed by atoms with Crippen molar-refractivity contribution >= 4 is 28.3 Å². The Morgan fingerprint density at radius 1 is 1.43 bits per heavy atom. The number of nitrogens with zero attached hydrogens (tertiary/aromatic N) is 4. The summed E-state index contributed by atoms with van der Waals surface area (Å²) in [7, 11) is 0. The van der Waals surface area contributed by atoms with Crippen LogP contribution >= 0.6 is 11.3 Å². The first-order chi connectivity index (χ1) is 10.0. The van der Waals surface area contributed by atoms with Gasteiger partial charge in [0.1, 0.15) is 6.54 Å². The lowest BCUT2D eigenvalue weighted by atomic mass is 10.3. The summed E-state index contributed by atoms with van der Waals surface area (Å²) in [6, 6.07) is 0. The van der Waals surface area contributed by atoms with Gasteiger partial charge in [0.25, 0.3) is 0 Å². The van der Waals surface area contributed by atoms with E-state index in [9.17, 15) is 9.59 Å². The van der Waals surface area contributed by atoms with Crippen LogP contribution in [0, 0.1) is 13.8 Å². The van der Waals surface area contributed by atoms with Gasteiger partial charge >= 0.3 is 5.97 Å². The van der Waals surface area contributed by atoms with Crippen LogP contribution in [0.5, 0.6) is 0 Å². The molecule has 0 fully saturated rings. The number of aromatic nitrogens is 4. The van der Waals surface area contributed by atoms with Crippen molar-refractivity contribution in [1.29, 1.82) is 0 Å². The zero-order valence-electron chi connectivity index (χ0n) is 11.9. The lowest BCUT2D eigenvalue weighted by Gasteiger charge is -2.04. The van der Waals surface area contributed by atoms with E-state index in [1.165, 1.54) is 16.0 Å². The number of rotatable bonds is 5. The highest BCUT2D eigenvalue weighted by Gasteiger charge is 2.19. The first-order valence-corrected chi connectivity index (χ1v) is 7.18. The second kappa shape index (κ2) is 6.44. The van der Waals surface area contributed by atoms with Gasteiger partial charge in [-0.05, 0) is 20.8 Å². The summed E-state index contributed by atoms with van der Waals surface area (Å²) in [6.45, 7) is 5.43. The van der Waals surface area contributed by atoms with Crippen LogP contribution in [-0.2, 0) is 16.1 Å². The van der Waals surface area contributed by atoms with E-state index in [1.807, 2.05) is 12.3 Å². The van der Waals surface area contributed by atoms with E-state index in [1.54, 1.807) is 13.8 Å². The Labute approximate surface area is 125 Å². The third-order valence-corrected chi connectivity index (χ3v) is 3.49. The summed E-state index contributed by atoms with van der Waals surface area (Å²) >= 11 is 1.35. The Kier molecular flexibility index (Phi) is 4.63. The molecular formula is C12H15N5O3S. The van der Waals surface area contributed by atoms with Gasteiger partial charge in [0, 0.05) is 5.38 Å². The summed E-state index contributed by atoms with van der Waals surface area (Å²) < 4.78 is 6.21. The number of amides is 1. The number of carbonyl (C=O) groups excluding carboxylic acids is 2. The summed E-state index contributed by atoms with van der Waals surface area (Å²) in [4.78, 5) is 27.7. The van der Waals surface area contributed by atoms with E-state index in [2.05, 4.69) is 20.6 Å². The largest absolute Gasteiger partial charge is 0.461 e. The van der Waals surface area contributed by atoms with Crippen LogP contribution in [0.15, 0.2) is 5.38 Å². The number of hydrogen-bond acceptors (Lipinski definition) is 7. The number of esters is 1. The number of aryl methyl sites for hydroxylation is 1. The molecule has 2 aromatic heterocycles. The molecule has 2 rings (SSSR count). The molecule has 2 aromatic rings. The second-order valence-corrected chi connectivity index (χ2v) is 5.10. The highest BCUT2D eigenvalue weighted by atomic mass is 32.1. The van der Waals surface area contributed by atoms with Gasteiger partial charge in [-0.15, -0.1) is 16.4 Å². The van der Waals surface area contributed by atoms with Gasteiger partial charge in [-0.3, -0.25) is 4.79 Å². The van der Waals surface area contributed by atoms with Crippen LogP contribution in [0.4, 0.5) is 5.13 Å². The fourth-order valence-electron chi connectivity index (χ4n) is 1.60. The Morgan fingerprint density at radius 3 is 2.81 bits per heavy atom. The average molecular weight is 309 g/mol. The summed E-state index contributed by atoms with van der Waals surface area (Å²) in [5.74, 6) is -0.829. The molecule has 9 heteroatoms. The van der Waals surface area contributed by atoms with E-state index < -0.39 is 5.97 Å². The van der Waals surface area contributed by atoms with Crippen molar-refractivity contribution in [3.8, 4) is 0 Å². The lowest BCUT2D eigenvalue weighted by molar-refractivity contribution is -0.117. The molecule has 0 aliphatic carbocycles. The fourth-order valence-corrected chi connectivity index (χ4v) is 2.31. The summed E-state index contributed by atoms with van der Waals surface area (Å²) in [5.41, 5.74) is 1.45. The SMILES string of the molecule is CCOC(=O)c1nnn(CC(=O)Nc2nc(C)cs2)c1C. The van der Waals surface area contributed by atoms with Crippen molar-refractivity contribution in [3.05, 3.63) is 22.5 Å². The lowest BCUT2D eigenvalue weighted by Crippen LogP contribution is -2.20. The minimum Gasteiger partial charge on any atom is -0.461 e. The van der Waals surface area contributed by atoms with Crippen molar-refractivity contribution in [1.82, 2.24) is 20.0 Å². The highest BCUT2D eigenvalue weighted by molar-refractivity contribution is 7.13. The molecule has 112 valence electrons. The van der Waals surface area contributed by atoms with Gasteiger partial charge in [0.15, 0.2) is 10.8 Å². The van der Waals surface area contributed by atoms with E-state index in [0.29, 0.717) is 10.8 Å². The zero-order valence-corrected chi connectivity index (χ0v) is 12.7. The minimum atomic E-state index is -0.544. The number of carbonyl (C=O) groups is 2. The predicted molar refractivity (Wildman–Crippen MR) is 76.2 cm³/mol. The van der Waals surface area contributed by atoms with Gasteiger partial charge < -0.3 is 10.1 Å². The minimum absolute atomic E-state index is 0.0448. The molecule has 21 heavy (non-hydrogen) atoms. The molecule has 1 amide bonds. The smallest absolute Gasteiger partial charge is 0.360 e. The van der Waals surface area contributed by atoms with Gasteiger partial charge in [-0.25, -0.2) is 14.5 Å². The standard InChI is InChI=1S/C12H15N5O3S/c1-4-20-11(19)10-8(3)17(16-15-10)5-9(18)14-12-13-7(2)6-21-12/h6H,4-5H2,1-3H3,(H,13,14,18). The first-order valence-electron chi connectivity index (χ1n) is 6.30. The van der Waals surface area contributed by atoms with Gasteiger partial charge in [-0.1, -0.05) is 5.21 Å². The Morgan fingerprint density at radius 2 is 2.19 bits per heavy atom. The van der Waals surface area contributed by atoms with E-state index in [0.717, 1.165) is 5.69 Å². The maximum absolute atomic E-state index is 11.9. The number of hydrogen-bond donors (Lipinski definition) is 1. The van der Waals surface area contributed by atoms with Gasteiger partial charge in [0.2, 0.25) is 5.91 Å². The molecule has 2 heterocycles. The molecule has 8 nitrogen and oxygen atoms in total. The van der Waals surface area contributed by atoms with Crippen molar-refractivity contribution in [2.24, 2.45) is 0 Å². The highest BCUT2D eigenvalue weighted by Crippen LogP contribution is 2.14. The van der Waals surface area contributed by atoms with Crippen molar-refractivity contribution in [3.63, 3.8) is 0 Å². The quantitative estimate of drug-likeness (QED) is 0.832. The number of ether oxygens (including phenoxy) is 1. The van der Waals surface area contributed by atoms with E-state index >= 15 is 0 Å². The molecule has 0 radical (unpaired) electrons. The van der Waals surface area contributed by atoms with E-state index in [4.69, 9.17) is 4.74 Å². The van der Waals surface area contributed by atoms with E-state index in [-0.39, 0.29) is 24.8 Å². The van der Waals surface area contributed by atoms with Crippen molar-refractivity contribution in [2.75, 3.05) is 11.9 Å². The second-order valence-electron chi connectivity index (χ2n) is 4.24. The number of anilines is 1. The first kappa shape index (κ1) is 15.1. The van der Waals surface area contributed by atoms with Crippen molar-refractivity contribution in [2.45, 2.75) is 27.3 Å². The van der Waals surface area contributed by atoms with Crippen molar-refractivity contribution < 1.29 is 14.3 Å². The molecule has 0 aliphatic rings. The molecule has 0 aromatic carbocycles. The monoisotopic (exact) mass is 309 g/mol. The summed E-state index contributed by atoms with van der Waals surface area (Å²) in [5, 5.41) is 12.6. The maximum atomic E-state index is 11.9. The average Bonchev–Trinajstić information content (AvgIpc) is 2.97. The molecule has 1 N–H and O–H groups in total. The number of nitrogens with one attached hydrogen (secondary N) is 1. The normalized spacial score (nSPS) is 10.4. The van der Waals surface area contributed by atoms with Crippen LogP contribution in [0.25, 0.3) is 0 Å². The van der Waals surface area contributed by atoms with Crippen LogP contribution in [0.2, 0.25) is 0 Å². The summed E-state index contributed by atoms with van der Waals surface area (Å²) in [6.07, 6.45) is 0. The topological polar surface area (TPSA) is 99.0 Å². The fraction of sp³-hybridized carbons (Fsp3) is 0.417. The number of thiazole rings is 1.